The van der Waals surface area contributed by atoms with Crippen molar-refractivity contribution in [3.63, 3.8) is 0 Å². The maximum atomic E-state index is 13.5. The van der Waals surface area contributed by atoms with E-state index >= 15 is 0 Å². The average Bonchev–Trinajstić information content (AvgIpc) is 2.89. The van der Waals surface area contributed by atoms with Crippen LogP contribution >= 0.6 is 0 Å². The molecule has 0 bridgehead atoms. The fourth-order valence-electron chi connectivity index (χ4n) is 4.27. The average molecular weight is 488 g/mol. The molecular weight excluding hydrogens is 467 g/mol. The second kappa shape index (κ2) is 9.18. The zero-order valence-corrected chi connectivity index (χ0v) is 19.2. The molecule has 0 saturated carbocycles. The van der Waals surface area contributed by atoms with Crippen molar-refractivity contribution in [3.8, 4) is 17.2 Å². The van der Waals surface area contributed by atoms with E-state index in [0.29, 0.717) is 41.5 Å². The summed E-state index contributed by atoms with van der Waals surface area (Å²) in [4.78, 5) is 39.6. The maximum absolute atomic E-state index is 13.5. The summed E-state index contributed by atoms with van der Waals surface area (Å²) in [7, 11) is 1.52. The Balaban J connectivity index is 1.78. The van der Waals surface area contributed by atoms with E-state index in [-0.39, 0.29) is 16.5 Å². The van der Waals surface area contributed by atoms with E-state index in [2.05, 4.69) is 0 Å². The molecule has 8 nitrogen and oxygen atoms in total. The summed E-state index contributed by atoms with van der Waals surface area (Å²) in [6.07, 6.45) is 1.31. The van der Waals surface area contributed by atoms with E-state index in [1.807, 2.05) is 0 Å². The van der Waals surface area contributed by atoms with E-state index in [0.717, 1.165) is 12.1 Å². The second-order valence-electron chi connectivity index (χ2n) is 8.21. The number of pyridine rings is 1. The predicted molar refractivity (Wildman–Crippen MR) is 129 cm³/mol. The molecule has 1 aliphatic rings. The first-order chi connectivity index (χ1) is 17.4. The number of rotatable bonds is 6. The van der Waals surface area contributed by atoms with E-state index in [1.54, 1.807) is 30.3 Å². The van der Waals surface area contributed by atoms with Gasteiger partial charge < -0.3 is 24.5 Å². The van der Waals surface area contributed by atoms with E-state index in [9.17, 15) is 18.8 Å². The van der Waals surface area contributed by atoms with Gasteiger partial charge in [-0.2, -0.15) is 0 Å². The standard InChI is InChI=1S/C27H21FN2O6/c1-34-18-8-4-15(5-9-18)24(27(29)33)30-14-20(25(31)16-2-6-17(28)7-3-16)26(32)19-12-22-23(13-21(19)30)36-11-10-35-22/h2-9,12-14,24H,10-11H2,1H3,(H2,29,33). The number of fused-ring (bicyclic) bond motifs is 2. The third-order valence-electron chi connectivity index (χ3n) is 6.03. The fourth-order valence-corrected chi connectivity index (χ4v) is 4.27. The van der Waals surface area contributed by atoms with Crippen molar-refractivity contribution in [1.82, 2.24) is 4.57 Å². The van der Waals surface area contributed by atoms with Gasteiger partial charge in [-0.15, -0.1) is 0 Å². The molecule has 9 heteroatoms. The van der Waals surface area contributed by atoms with Crippen LogP contribution in [0.4, 0.5) is 4.39 Å². The van der Waals surface area contributed by atoms with Gasteiger partial charge in [0.05, 0.1) is 23.6 Å². The normalized spacial score (nSPS) is 13.3. The van der Waals surface area contributed by atoms with Crippen LogP contribution < -0.4 is 25.4 Å². The number of methoxy groups -OCH3 is 1. The Labute approximate surface area is 204 Å². The molecule has 0 radical (unpaired) electrons. The monoisotopic (exact) mass is 488 g/mol. The largest absolute Gasteiger partial charge is 0.497 e. The Morgan fingerprint density at radius 2 is 1.64 bits per heavy atom. The minimum Gasteiger partial charge on any atom is -0.497 e. The summed E-state index contributed by atoms with van der Waals surface area (Å²) >= 11 is 0. The summed E-state index contributed by atoms with van der Waals surface area (Å²) in [5.41, 5.74) is 6.05. The zero-order chi connectivity index (χ0) is 25.4. The van der Waals surface area contributed by atoms with Crippen molar-refractivity contribution in [3.05, 3.63) is 99.6 Å². The minimum atomic E-state index is -1.07. The molecule has 3 aromatic carbocycles. The number of nitrogens with zero attached hydrogens (tertiary/aromatic N) is 1. The molecule has 4 aromatic rings. The van der Waals surface area contributed by atoms with Crippen molar-refractivity contribution in [2.45, 2.75) is 6.04 Å². The topological polar surface area (TPSA) is 110 Å². The molecular formula is C27H21FN2O6. The maximum Gasteiger partial charge on any atom is 0.245 e. The van der Waals surface area contributed by atoms with Crippen LogP contribution in [0.3, 0.4) is 0 Å². The number of ether oxygens (including phenoxy) is 3. The van der Waals surface area contributed by atoms with Gasteiger partial charge in [-0.3, -0.25) is 14.4 Å². The molecule has 1 aliphatic heterocycles. The van der Waals surface area contributed by atoms with Crippen molar-refractivity contribution in [1.29, 1.82) is 0 Å². The summed E-state index contributed by atoms with van der Waals surface area (Å²) < 4.78 is 31.4. The summed E-state index contributed by atoms with van der Waals surface area (Å²) in [6.45, 7) is 0.623. The number of ketones is 1. The molecule has 36 heavy (non-hydrogen) atoms. The first-order valence-electron chi connectivity index (χ1n) is 11.1. The highest BCUT2D eigenvalue weighted by Gasteiger charge is 2.27. The second-order valence-corrected chi connectivity index (χ2v) is 8.21. The summed E-state index contributed by atoms with van der Waals surface area (Å²) in [5.74, 6) is -0.511. The molecule has 0 fully saturated rings. The van der Waals surface area contributed by atoms with Crippen LogP contribution in [0.5, 0.6) is 17.2 Å². The van der Waals surface area contributed by atoms with Crippen molar-refractivity contribution in [2.75, 3.05) is 20.3 Å². The van der Waals surface area contributed by atoms with Gasteiger partial charge in [-0.05, 0) is 48.0 Å². The minimum absolute atomic E-state index is 0.122. The van der Waals surface area contributed by atoms with Crippen LogP contribution in [-0.2, 0) is 4.79 Å². The molecule has 0 spiro atoms. The number of halogens is 1. The van der Waals surface area contributed by atoms with Crippen LogP contribution in [0.1, 0.15) is 27.5 Å². The Morgan fingerprint density at radius 3 is 2.25 bits per heavy atom. The number of primary amides is 1. The number of carbonyl (C=O) groups is 2. The predicted octanol–water partition coefficient (Wildman–Crippen LogP) is 3.23. The lowest BCUT2D eigenvalue weighted by Crippen LogP contribution is -2.30. The van der Waals surface area contributed by atoms with Crippen molar-refractivity contribution in [2.24, 2.45) is 5.73 Å². The number of carbonyl (C=O) groups excluding carboxylic acids is 2. The highest BCUT2D eigenvalue weighted by Crippen LogP contribution is 2.35. The molecule has 1 aromatic heterocycles. The molecule has 1 amide bonds. The molecule has 0 aliphatic carbocycles. The summed E-state index contributed by atoms with van der Waals surface area (Å²) in [6, 6.07) is 13.6. The van der Waals surface area contributed by atoms with Crippen molar-refractivity contribution < 1.29 is 28.2 Å². The van der Waals surface area contributed by atoms with Crippen LogP contribution in [0.2, 0.25) is 0 Å². The number of nitrogens with two attached hydrogens (primary N) is 1. The third-order valence-corrected chi connectivity index (χ3v) is 6.03. The Bertz CT molecular complexity index is 1540. The summed E-state index contributed by atoms with van der Waals surface area (Å²) in [5, 5.41) is 0.145. The molecule has 0 saturated heterocycles. The number of amides is 1. The molecule has 1 unspecified atom stereocenters. The van der Waals surface area contributed by atoms with Gasteiger partial charge in [-0.1, -0.05) is 12.1 Å². The Kier molecular flexibility index (Phi) is 5.89. The lowest BCUT2D eigenvalue weighted by Gasteiger charge is -2.24. The lowest BCUT2D eigenvalue weighted by molar-refractivity contribution is -0.120. The zero-order valence-electron chi connectivity index (χ0n) is 19.2. The smallest absolute Gasteiger partial charge is 0.245 e. The molecule has 2 heterocycles. The highest BCUT2D eigenvalue weighted by atomic mass is 19.1. The highest BCUT2D eigenvalue weighted by molar-refractivity contribution is 6.10. The first-order valence-corrected chi connectivity index (χ1v) is 11.1. The van der Waals surface area contributed by atoms with Crippen LogP contribution in [0, 0.1) is 5.82 Å². The van der Waals surface area contributed by atoms with E-state index < -0.39 is 29.0 Å². The molecule has 5 rings (SSSR count). The number of aromatic nitrogens is 1. The van der Waals surface area contributed by atoms with Gasteiger partial charge in [0.25, 0.3) is 0 Å². The van der Waals surface area contributed by atoms with Crippen LogP contribution in [-0.4, -0.2) is 36.6 Å². The SMILES string of the molecule is COc1ccc(C(C(N)=O)n2cc(C(=O)c3ccc(F)cc3)c(=O)c3cc4c(cc32)OCCO4)cc1. The quantitative estimate of drug-likeness (QED) is 0.418. The fraction of sp³-hybridized carbons (Fsp3) is 0.148. The third kappa shape index (κ3) is 4.04. The Morgan fingerprint density at radius 1 is 1.00 bits per heavy atom. The van der Waals surface area contributed by atoms with E-state index in [4.69, 9.17) is 19.9 Å². The van der Waals surface area contributed by atoms with Crippen molar-refractivity contribution >= 4 is 22.6 Å². The number of hydrogen-bond acceptors (Lipinski definition) is 6. The molecule has 2 N–H and O–H groups in total. The molecule has 182 valence electrons. The van der Waals surface area contributed by atoms with Crippen LogP contribution in [0.15, 0.2) is 71.7 Å². The van der Waals surface area contributed by atoms with E-state index in [1.165, 1.54) is 36.1 Å². The molecule has 1 atom stereocenters. The first kappa shape index (κ1) is 23.1. The van der Waals surface area contributed by atoms with Gasteiger partial charge in [0.2, 0.25) is 11.3 Å². The Hall–Kier alpha value is -4.66. The van der Waals surface area contributed by atoms with Gasteiger partial charge in [0.1, 0.15) is 30.8 Å². The van der Waals surface area contributed by atoms with Gasteiger partial charge in [-0.25, -0.2) is 4.39 Å². The number of benzene rings is 3. The number of hydrogen-bond donors (Lipinski definition) is 1. The van der Waals surface area contributed by atoms with Gasteiger partial charge in [0, 0.05) is 17.8 Å². The van der Waals surface area contributed by atoms with Gasteiger partial charge in [0.15, 0.2) is 17.3 Å². The van der Waals surface area contributed by atoms with Crippen LogP contribution in [0.25, 0.3) is 10.9 Å². The lowest BCUT2D eigenvalue weighted by atomic mass is 9.99. The van der Waals surface area contributed by atoms with Gasteiger partial charge >= 0.3 is 0 Å².